The van der Waals surface area contributed by atoms with Gasteiger partial charge in [-0.05, 0) is 42.7 Å². The fourth-order valence-electron chi connectivity index (χ4n) is 3.68. The van der Waals surface area contributed by atoms with Crippen LogP contribution in [-0.2, 0) is 4.79 Å². The number of anilines is 1. The minimum Gasteiger partial charge on any atom is -0.302 e. The molecular formula is C17H22N2OS. The van der Waals surface area contributed by atoms with E-state index in [1.54, 1.807) is 11.3 Å². The van der Waals surface area contributed by atoms with Crippen molar-refractivity contribution in [1.29, 1.82) is 0 Å². The van der Waals surface area contributed by atoms with Crippen LogP contribution in [0.3, 0.4) is 0 Å². The van der Waals surface area contributed by atoms with Gasteiger partial charge in [-0.1, -0.05) is 44.2 Å². The number of hydrogen-bond donors (Lipinski definition) is 1. The lowest BCUT2D eigenvalue weighted by Crippen LogP contribution is -2.34. The Bertz CT molecular complexity index is 629. The number of hydrogen-bond acceptors (Lipinski definition) is 3. The zero-order valence-electron chi connectivity index (χ0n) is 12.8. The van der Waals surface area contributed by atoms with Crippen molar-refractivity contribution >= 4 is 32.6 Å². The third-order valence-corrected chi connectivity index (χ3v) is 5.23. The molecule has 1 fully saturated rings. The molecule has 1 saturated carbocycles. The Morgan fingerprint density at radius 2 is 2.10 bits per heavy atom. The van der Waals surface area contributed by atoms with Gasteiger partial charge < -0.3 is 5.32 Å². The quantitative estimate of drug-likeness (QED) is 0.874. The van der Waals surface area contributed by atoms with Crippen molar-refractivity contribution < 1.29 is 4.79 Å². The molecule has 0 bridgehead atoms. The predicted molar refractivity (Wildman–Crippen MR) is 88.5 cm³/mol. The summed E-state index contributed by atoms with van der Waals surface area (Å²) in [5, 5.41) is 3.75. The highest BCUT2D eigenvalue weighted by Crippen LogP contribution is 2.42. The van der Waals surface area contributed by atoms with Crippen LogP contribution in [0.2, 0.25) is 0 Å². The lowest BCUT2D eigenvalue weighted by atomic mass is 9.68. The van der Waals surface area contributed by atoms with E-state index in [-0.39, 0.29) is 17.2 Å². The van der Waals surface area contributed by atoms with Crippen LogP contribution < -0.4 is 5.32 Å². The molecule has 3 rings (SSSR count). The molecule has 1 aliphatic carbocycles. The molecule has 1 aromatic carbocycles. The van der Waals surface area contributed by atoms with Crippen LogP contribution in [0, 0.1) is 17.3 Å². The second-order valence-electron chi connectivity index (χ2n) is 7.09. The van der Waals surface area contributed by atoms with Gasteiger partial charge in [-0.25, -0.2) is 4.98 Å². The first kappa shape index (κ1) is 14.5. The van der Waals surface area contributed by atoms with Crippen molar-refractivity contribution in [3.8, 4) is 0 Å². The summed E-state index contributed by atoms with van der Waals surface area (Å²) < 4.78 is 1.12. The number of rotatable bonds is 2. The average Bonchev–Trinajstić information content (AvgIpc) is 2.78. The maximum absolute atomic E-state index is 12.5. The molecule has 2 atom stereocenters. The fraction of sp³-hybridized carbons (Fsp3) is 0.529. The summed E-state index contributed by atoms with van der Waals surface area (Å²) >= 11 is 1.55. The van der Waals surface area contributed by atoms with Crippen LogP contribution in [-0.4, -0.2) is 10.9 Å². The van der Waals surface area contributed by atoms with Crippen LogP contribution in [0.15, 0.2) is 24.3 Å². The van der Waals surface area contributed by atoms with Crippen molar-refractivity contribution in [2.45, 2.75) is 40.0 Å². The van der Waals surface area contributed by atoms with Gasteiger partial charge >= 0.3 is 0 Å². The number of nitrogens with one attached hydrogen (secondary N) is 1. The third kappa shape index (κ3) is 3.26. The van der Waals surface area contributed by atoms with E-state index in [2.05, 4.69) is 31.1 Å². The van der Waals surface area contributed by atoms with Crippen LogP contribution in [0.1, 0.15) is 40.0 Å². The van der Waals surface area contributed by atoms with E-state index in [4.69, 9.17) is 0 Å². The second kappa shape index (κ2) is 5.41. The van der Waals surface area contributed by atoms with Gasteiger partial charge in [-0.3, -0.25) is 4.79 Å². The largest absolute Gasteiger partial charge is 0.302 e. The molecule has 2 aromatic rings. The van der Waals surface area contributed by atoms with E-state index in [0.29, 0.717) is 5.92 Å². The van der Waals surface area contributed by atoms with Gasteiger partial charge in [-0.15, -0.1) is 0 Å². The van der Waals surface area contributed by atoms with Crippen molar-refractivity contribution in [3.05, 3.63) is 24.3 Å². The third-order valence-electron chi connectivity index (χ3n) is 4.28. The van der Waals surface area contributed by atoms with Crippen molar-refractivity contribution in [2.75, 3.05) is 5.32 Å². The molecule has 3 nitrogen and oxygen atoms in total. The van der Waals surface area contributed by atoms with Crippen LogP contribution in [0.4, 0.5) is 5.13 Å². The molecule has 1 aliphatic rings. The Labute approximate surface area is 129 Å². The molecule has 112 valence electrons. The van der Waals surface area contributed by atoms with E-state index < -0.39 is 0 Å². The first-order valence-electron chi connectivity index (χ1n) is 7.59. The number of fused-ring (bicyclic) bond motifs is 1. The highest BCUT2D eigenvalue weighted by Gasteiger charge is 2.35. The number of benzene rings is 1. The summed E-state index contributed by atoms with van der Waals surface area (Å²) in [6.45, 7) is 6.78. The number of para-hydroxylation sites is 1. The molecule has 1 heterocycles. The lowest BCUT2D eigenvalue weighted by molar-refractivity contribution is -0.122. The van der Waals surface area contributed by atoms with E-state index in [1.165, 1.54) is 6.42 Å². The number of carbonyl (C=O) groups is 1. The zero-order chi connectivity index (χ0) is 15.0. The topological polar surface area (TPSA) is 42.0 Å². The lowest BCUT2D eigenvalue weighted by Gasteiger charge is -2.38. The Morgan fingerprint density at radius 3 is 2.81 bits per heavy atom. The van der Waals surface area contributed by atoms with Gasteiger partial charge in [0, 0.05) is 5.92 Å². The van der Waals surface area contributed by atoms with Crippen molar-refractivity contribution in [2.24, 2.45) is 17.3 Å². The minimum atomic E-state index is 0.107. The van der Waals surface area contributed by atoms with Crippen molar-refractivity contribution in [1.82, 2.24) is 4.98 Å². The maximum Gasteiger partial charge on any atom is 0.229 e. The summed E-state index contributed by atoms with van der Waals surface area (Å²) in [4.78, 5) is 17.0. The normalized spacial score (nSPS) is 24.9. The van der Waals surface area contributed by atoms with Crippen LogP contribution in [0.25, 0.3) is 10.2 Å². The number of carbonyl (C=O) groups excluding carboxylic acids is 1. The van der Waals surface area contributed by atoms with Gasteiger partial charge in [0.05, 0.1) is 10.2 Å². The Hall–Kier alpha value is -1.42. The molecule has 4 heteroatoms. The summed E-state index contributed by atoms with van der Waals surface area (Å²) in [5.41, 5.74) is 1.21. The van der Waals surface area contributed by atoms with E-state index in [9.17, 15) is 4.79 Å². The molecule has 1 N–H and O–H groups in total. The van der Waals surface area contributed by atoms with E-state index in [1.807, 2.05) is 24.3 Å². The first-order chi connectivity index (χ1) is 9.93. The molecule has 0 aliphatic heterocycles. The zero-order valence-corrected chi connectivity index (χ0v) is 13.7. The molecule has 1 aromatic heterocycles. The summed E-state index contributed by atoms with van der Waals surface area (Å²) in [7, 11) is 0. The number of thiazole rings is 1. The Kier molecular flexibility index (Phi) is 3.74. The molecule has 0 spiro atoms. The molecule has 21 heavy (non-hydrogen) atoms. The fourth-order valence-corrected chi connectivity index (χ4v) is 4.55. The van der Waals surface area contributed by atoms with Gasteiger partial charge in [0.1, 0.15) is 0 Å². The van der Waals surface area contributed by atoms with Crippen molar-refractivity contribution in [3.63, 3.8) is 0 Å². The standard InChI is InChI=1S/C17H22N2OS/c1-11-8-12(10-17(2,3)9-11)15(20)19-16-18-13-6-4-5-7-14(13)21-16/h4-7,11-12H,8-10H2,1-3H3,(H,18,19,20). The Morgan fingerprint density at radius 1 is 1.33 bits per heavy atom. The van der Waals surface area contributed by atoms with Gasteiger partial charge in [0.25, 0.3) is 0 Å². The van der Waals surface area contributed by atoms with E-state index in [0.717, 1.165) is 28.2 Å². The number of nitrogens with zero attached hydrogens (tertiary/aromatic N) is 1. The molecular weight excluding hydrogens is 280 g/mol. The van der Waals surface area contributed by atoms with Gasteiger partial charge in [0.15, 0.2) is 5.13 Å². The predicted octanol–water partition coefficient (Wildman–Crippen LogP) is 4.70. The smallest absolute Gasteiger partial charge is 0.229 e. The minimum absolute atomic E-state index is 0.107. The monoisotopic (exact) mass is 302 g/mol. The summed E-state index contributed by atoms with van der Waals surface area (Å²) in [6, 6.07) is 7.98. The molecule has 0 radical (unpaired) electrons. The van der Waals surface area contributed by atoms with Crippen LogP contribution >= 0.6 is 11.3 Å². The average molecular weight is 302 g/mol. The molecule has 0 saturated heterocycles. The highest BCUT2D eigenvalue weighted by molar-refractivity contribution is 7.22. The number of amides is 1. The first-order valence-corrected chi connectivity index (χ1v) is 8.41. The molecule has 1 amide bonds. The number of aromatic nitrogens is 1. The molecule has 2 unspecified atom stereocenters. The van der Waals surface area contributed by atoms with Crippen LogP contribution in [0.5, 0.6) is 0 Å². The maximum atomic E-state index is 12.5. The second-order valence-corrected chi connectivity index (χ2v) is 8.12. The SMILES string of the molecule is CC1CC(C(=O)Nc2nc3ccccc3s2)CC(C)(C)C1. The van der Waals surface area contributed by atoms with Gasteiger partial charge in [-0.2, -0.15) is 0 Å². The Balaban J connectivity index is 1.73. The van der Waals surface area contributed by atoms with E-state index >= 15 is 0 Å². The summed E-state index contributed by atoms with van der Waals surface area (Å²) in [6.07, 6.45) is 3.16. The highest BCUT2D eigenvalue weighted by atomic mass is 32.1. The van der Waals surface area contributed by atoms with Gasteiger partial charge in [0.2, 0.25) is 5.91 Å². The summed E-state index contributed by atoms with van der Waals surface area (Å²) in [5.74, 6) is 0.851.